The molecule has 5 unspecified atom stereocenters. The van der Waals surface area contributed by atoms with E-state index < -0.39 is 0 Å². The Morgan fingerprint density at radius 3 is 2.70 bits per heavy atom. The van der Waals surface area contributed by atoms with Crippen molar-refractivity contribution in [2.45, 2.75) is 24.9 Å². The molecule has 2 heteroatoms. The summed E-state index contributed by atoms with van der Waals surface area (Å²) in [6.45, 7) is 0. The first-order valence-electron chi connectivity index (χ1n) is 4.11. The summed E-state index contributed by atoms with van der Waals surface area (Å²) < 4.78 is 0. The van der Waals surface area contributed by atoms with Crippen LogP contribution in [0.15, 0.2) is 0 Å². The van der Waals surface area contributed by atoms with Crippen molar-refractivity contribution in [2.75, 3.05) is 0 Å². The predicted octanol–water partition coefficient (Wildman–Crippen LogP) is 0.182. The number of hydrogen-bond acceptors (Lipinski definition) is 2. The molecule has 2 bridgehead atoms. The van der Waals surface area contributed by atoms with Gasteiger partial charge in [-0.1, -0.05) is 0 Å². The fraction of sp³-hybridized carbons (Fsp3) is 0.875. The average Bonchev–Trinajstić information content (AvgIpc) is 2.58. The molecule has 1 heterocycles. The number of nitrogens with one attached hydrogen (secondary N) is 1. The molecule has 0 spiro atoms. The van der Waals surface area contributed by atoms with E-state index in [2.05, 4.69) is 5.32 Å². The number of rotatable bonds is 1. The van der Waals surface area contributed by atoms with Crippen LogP contribution in [0.5, 0.6) is 0 Å². The van der Waals surface area contributed by atoms with Crippen molar-refractivity contribution in [2.24, 2.45) is 17.8 Å². The Balaban J connectivity index is 1.91. The first-order chi connectivity index (χ1) is 4.90. The maximum Gasteiger partial charge on any atom is 0.137 e. The largest absolute Gasteiger partial charge is 0.304 e. The summed E-state index contributed by atoms with van der Waals surface area (Å²) in [4.78, 5) is 10.5. The Kier molecular flexibility index (Phi) is 0.768. The van der Waals surface area contributed by atoms with E-state index in [9.17, 15) is 4.79 Å². The van der Waals surface area contributed by atoms with Gasteiger partial charge in [0.05, 0.1) is 6.04 Å². The van der Waals surface area contributed by atoms with Crippen molar-refractivity contribution in [3.8, 4) is 0 Å². The zero-order chi connectivity index (χ0) is 6.72. The van der Waals surface area contributed by atoms with E-state index in [-0.39, 0.29) is 6.04 Å². The van der Waals surface area contributed by atoms with Crippen molar-refractivity contribution in [3.63, 3.8) is 0 Å². The van der Waals surface area contributed by atoms with Crippen LogP contribution < -0.4 is 5.32 Å². The van der Waals surface area contributed by atoms with Gasteiger partial charge in [-0.05, 0) is 30.6 Å². The third kappa shape index (κ3) is 0.439. The molecule has 1 aliphatic heterocycles. The third-order valence-electron chi connectivity index (χ3n) is 3.50. The first kappa shape index (κ1) is 5.30. The van der Waals surface area contributed by atoms with Crippen molar-refractivity contribution in [1.29, 1.82) is 0 Å². The molecule has 0 radical (unpaired) electrons. The van der Waals surface area contributed by atoms with Gasteiger partial charge in [0.1, 0.15) is 6.29 Å². The van der Waals surface area contributed by atoms with Crippen LogP contribution in [-0.2, 0) is 4.79 Å². The second kappa shape index (κ2) is 1.45. The van der Waals surface area contributed by atoms with Crippen LogP contribution in [-0.4, -0.2) is 18.4 Å². The highest BCUT2D eigenvalue weighted by molar-refractivity contribution is 5.60. The van der Waals surface area contributed by atoms with Gasteiger partial charge in [-0.3, -0.25) is 0 Å². The van der Waals surface area contributed by atoms with Crippen LogP contribution in [0, 0.1) is 17.8 Å². The summed E-state index contributed by atoms with van der Waals surface area (Å²) in [6.07, 6.45) is 3.77. The Morgan fingerprint density at radius 1 is 1.20 bits per heavy atom. The molecule has 5 atom stereocenters. The normalized spacial score (nSPS) is 62.2. The summed E-state index contributed by atoms with van der Waals surface area (Å²) in [7, 11) is 0. The molecule has 2 aliphatic carbocycles. The molecule has 0 aromatic carbocycles. The van der Waals surface area contributed by atoms with Gasteiger partial charge in [0, 0.05) is 6.04 Å². The molecule has 0 amide bonds. The fourth-order valence-corrected chi connectivity index (χ4v) is 2.95. The Morgan fingerprint density at radius 2 is 2.10 bits per heavy atom. The number of aldehydes is 1. The van der Waals surface area contributed by atoms with E-state index in [0.29, 0.717) is 12.0 Å². The number of piperidine rings is 1. The standard InChI is InChI=1S/C8H11NO/c10-3-8-6-2-7(9-8)5-1-4(5)6/h3-9H,1-2H2. The molecule has 3 fully saturated rings. The zero-order valence-corrected chi connectivity index (χ0v) is 5.79. The van der Waals surface area contributed by atoms with Crippen LogP contribution in [0.1, 0.15) is 12.8 Å². The summed E-state index contributed by atoms with van der Waals surface area (Å²) in [5.41, 5.74) is 0. The van der Waals surface area contributed by atoms with Crippen LogP contribution in [0.2, 0.25) is 0 Å². The number of hydrogen-bond donors (Lipinski definition) is 1. The maximum atomic E-state index is 10.5. The third-order valence-corrected chi connectivity index (χ3v) is 3.50. The lowest BCUT2D eigenvalue weighted by Crippen LogP contribution is -2.37. The lowest BCUT2D eigenvalue weighted by molar-refractivity contribution is -0.110. The Labute approximate surface area is 60.0 Å². The van der Waals surface area contributed by atoms with E-state index in [1.54, 1.807) is 0 Å². The van der Waals surface area contributed by atoms with E-state index in [0.717, 1.165) is 18.1 Å². The molecule has 2 nitrogen and oxygen atoms in total. The van der Waals surface area contributed by atoms with Gasteiger partial charge >= 0.3 is 0 Å². The molecule has 2 saturated carbocycles. The smallest absolute Gasteiger partial charge is 0.137 e. The van der Waals surface area contributed by atoms with Crippen molar-refractivity contribution >= 4 is 6.29 Å². The molecular formula is C8H11NO. The van der Waals surface area contributed by atoms with Gasteiger partial charge in [0.25, 0.3) is 0 Å². The fourth-order valence-electron chi connectivity index (χ4n) is 2.95. The van der Waals surface area contributed by atoms with Crippen LogP contribution in [0.25, 0.3) is 0 Å². The van der Waals surface area contributed by atoms with Crippen molar-refractivity contribution in [1.82, 2.24) is 5.32 Å². The molecular weight excluding hydrogens is 126 g/mol. The lowest BCUT2D eigenvalue weighted by Gasteiger charge is -2.16. The molecule has 0 aromatic heterocycles. The highest BCUT2D eigenvalue weighted by Crippen LogP contribution is 2.59. The Bertz CT molecular complexity index is 192. The first-order valence-corrected chi connectivity index (χ1v) is 4.11. The number of carbonyl (C=O) groups is 1. The van der Waals surface area contributed by atoms with Gasteiger partial charge in [-0.2, -0.15) is 0 Å². The molecule has 1 saturated heterocycles. The van der Waals surface area contributed by atoms with E-state index in [1.807, 2.05) is 0 Å². The van der Waals surface area contributed by atoms with Gasteiger partial charge in [-0.25, -0.2) is 0 Å². The van der Waals surface area contributed by atoms with Crippen molar-refractivity contribution < 1.29 is 4.79 Å². The van der Waals surface area contributed by atoms with E-state index in [1.165, 1.54) is 12.8 Å². The van der Waals surface area contributed by atoms with Gasteiger partial charge < -0.3 is 10.1 Å². The molecule has 54 valence electrons. The molecule has 10 heavy (non-hydrogen) atoms. The van der Waals surface area contributed by atoms with E-state index >= 15 is 0 Å². The van der Waals surface area contributed by atoms with Crippen molar-refractivity contribution in [3.05, 3.63) is 0 Å². The van der Waals surface area contributed by atoms with Crippen LogP contribution in [0.4, 0.5) is 0 Å². The summed E-state index contributed by atoms with van der Waals surface area (Å²) in [6, 6.07) is 0.930. The average molecular weight is 137 g/mol. The zero-order valence-electron chi connectivity index (χ0n) is 5.79. The Hall–Kier alpha value is -0.370. The molecule has 3 rings (SSSR count). The highest BCUT2D eigenvalue weighted by atomic mass is 16.1. The molecule has 1 N–H and O–H groups in total. The van der Waals surface area contributed by atoms with Gasteiger partial charge in [0.2, 0.25) is 0 Å². The predicted molar refractivity (Wildman–Crippen MR) is 36.5 cm³/mol. The summed E-state index contributed by atoms with van der Waals surface area (Å²) in [5.74, 6) is 2.61. The quantitative estimate of drug-likeness (QED) is 0.522. The topological polar surface area (TPSA) is 29.1 Å². The minimum absolute atomic E-state index is 0.216. The number of carbonyl (C=O) groups excluding carboxylic acids is 1. The summed E-state index contributed by atoms with van der Waals surface area (Å²) >= 11 is 0. The van der Waals surface area contributed by atoms with E-state index in [4.69, 9.17) is 0 Å². The summed E-state index contributed by atoms with van der Waals surface area (Å²) in [5, 5.41) is 3.36. The number of fused-ring (bicyclic) bond motifs is 5. The van der Waals surface area contributed by atoms with Crippen LogP contribution in [0.3, 0.4) is 0 Å². The maximum absolute atomic E-state index is 10.5. The molecule has 0 aromatic rings. The second-order valence-electron chi connectivity index (χ2n) is 3.90. The van der Waals surface area contributed by atoms with Gasteiger partial charge in [-0.15, -0.1) is 0 Å². The lowest BCUT2D eigenvalue weighted by atomic mass is 9.99. The van der Waals surface area contributed by atoms with Gasteiger partial charge in [0.15, 0.2) is 0 Å². The van der Waals surface area contributed by atoms with Crippen LogP contribution >= 0.6 is 0 Å². The molecule has 3 aliphatic rings. The second-order valence-corrected chi connectivity index (χ2v) is 3.90. The minimum Gasteiger partial charge on any atom is -0.304 e. The highest BCUT2D eigenvalue weighted by Gasteiger charge is 2.60. The SMILES string of the molecule is O=CC1NC2CC1C1CC21. The monoisotopic (exact) mass is 137 g/mol. The minimum atomic E-state index is 0.216.